The van der Waals surface area contributed by atoms with Crippen molar-refractivity contribution in [2.75, 3.05) is 18.8 Å². The first-order valence-electron chi connectivity index (χ1n) is 7.30. The van der Waals surface area contributed by atoms with Crippen molar-refractivity contribution in [3.63, 3.8) is 0 Å². The molecule has 0 N–H and O–H groups in total. The first-order chi connectivity index (χ1) is 9.04. The summed E-state index contributed by atoms with van der Waals surface area (Å²) in [7, 11) is 0. The zero-order valence-corrected chi connectivity index (χ0v) is 13.5. The second kappa shape index (κ2) is 8.85. The monoisotopic (exact) mass is 288 g/mol. The van der Waals surface area contributed by atoms with Crippen LogP contribution in [0, 0.1) is 17.8 Å². The Morgan fingerprint density at radius 3 is 2.74 bits per heavy atom. The van der Waals surface area contributed by atoms with Gasteiger partial charge in [-0.05, 0) is 36.9 Å². The van der Waals surface area contributed by atoms with E-state index in [1.54, 1.807) is 11.8 Å². The van der Waals surface area contributed by atoms with E-state index >= 15 is 0 Å². The minimum atomic E-state index is -0.153. The van der Waals surface area contributed by atoms with Crippen LogP contribution < -0.4 is 0 Å². The van der Waals surface area contributed by atoms with E-state index in [0.29, 0.717) is 24.2 Å². The maximum absolute atomic E-state index is 11.4. The van der Waals surface area contributed by atoms with E-state index in [4.69, 9.17) is 9.47 Å². The fraction of sp³-hybridized carbons (Fsp3) is 0.933. The first-order valence-corrected chi connectivity index (χ1v) is 8.70. The van der Waals surface area contributed by atoms with Crippen molar-refractivity contribution in [3.05, 3.63) is 0 Å². The molecular weight excluding hydrogens is 260 g/mol. The largest absolute Gasteiger partial charge is 0.438 e. The molecule has 3 atom stereocenters. The average Bonchev–Trinajstić information content (AvgIpc) is 2.36. The quantitative estimate of drug-likeness (QED) is 0.528. The maximum Gasteiger partial charge on any atom is 0.308 e. The van der Waals surface area contributed by atoms with E-state index in [0.717, 1.165) is 12.2 Å². The first kappa shape index (κ1) is 16.8. The van der Waals surface area contributed by atoms with Gasteiger partial charge in [0.1, 0.15) is 0 Å². The zero-order valence-electron chi connectivity index (χ0n) is 12.7. The van der Waals surface area contributed by atoms with E-state index in [-0.39, 0.29) is 18.9 Å². The van der Waals surface area contributed by atoms with Gasteiger partial charge in [0.05, 0.1) is 12.5 Å². The second-order valence-electron chi connectivity index (χ2n) is 5.91. The Hall–Kier alpha value is -0.220. The van der Waals surface area contributed by atoms with Gasteiger partial charge in [-0.3, -0.25) is 4.79 Å². The maximum atomic E-state index is 11.4. The van der Waals surface area contributed by atoms with Crippen LogP contribution in [0.4, 0.5) is 0 Å². The molecule has 3 unspecified atom stereocenters. The fourth-order valence-electron chi connectivity index (χ4n) is 2.75. The topological polar surface area (TPSA) is 35.5 Å². The Balaban J connectivity index is 2.30. The van der Waals surface area contributed by atoms with Gasteiger partial charge < -0.3 is 9.47 Å². The van der Waals surface area contributed by atoms with Gasteiger partial charge in [0.2, 0.25) is 0 Å². The molecule has 0 aromatic carbocycles. The zero-order chi connectivity index (χ0) is 14.3. The summed E-state index contributed by atoms with van der Waals surface area (Å²) in [5.74, 6) is 2.60. The average molecular weight is 288 g/mol. The Kier molecular flexibility index (Phi) is 7.84. The van der Waals surface area contributed by atoms with Crippen molar-refractivity contribution >= 4 is 17.7 Å². The molecule has 1 rings (SSSR count). The molecule has 0 spiro atoms. The summed E-state index contributed by atoms with van der Waals surface area (Å²) in [4.78, 5) is 11.4. The normalized spacial score (nSPS) is 27.5. The number of esters is 1. The van der Waals surface area contributed by atoms with E-state index < -0.39 is 0 Å². The Morgan fingerprint density at radius 1 is 1.37 bits per heavy atom. The Bertz CT molecular complexity index is 268. The summed E-state index contributed by atoms with van der Waals surface area (Å²) < 4.78 is 11.0. The van der Waals surface area contributed by atoms with Gasteiger partial charge in [-0.25, -0.2) is 0 Å². The molecule has 4 heteroatoms. The highest BCUT2D eigenvalue weighted by Gasteiger charge is 2.31. The summed E-state index contributed by atoms with van der Waals surface area (Å²) in [6.45, 7) is 6.90. The number of rotatable bonds is 7. The van der Waals surface area contributed by atoms with Crippen LogP contribution in [0.1, 0.15) is 46.5 Å². The molecular formula is C15H28O3S. The molecule has 0 aromatic rings. The molecule has 1 aliphatic carbocycles. The second-order valence-corrected chi connectivity index (χ2v) is 6.89. The molecule has 0 heterocycles. The number of carbonyl (C=O) groups is 1. The molecule has 19 heavy (non-hydrogen) atoms. The van der Waals surface area contributed by atoms with Crippen LogP contribution in [-0.2, 0) is 14.3 Å². The molecule has 1 fully saturated rings. The van der Waals surface area contributed by atoms with Crippen LogP contribution in [-0.4, -0.2) is 30.9 Å². The van der Waals surface area contributed by atoms with Crippen molar-refractivity contribution < 1.29 is 14.3 Å². The van der Waals surface area contributed by atoms with Crippen molar-refractivity contribution in [3.8, 4) is 0 Å². The molecule has 0 bridgehead atoms. The van der Waals surface area contributed by atoms with Crippen LogP contribution in [0.2, 0.25) is 0 Å². The van der Waals surface area contributed by atoms with Gasteiger partial charge >= 0.3 is 5.97 Å². The minimum Gasteiger partial charge on any atom is -0.438 e. The lowest BCUT2D eigenvalue weighted by atomic mass is 9.75. The molecule has 112 valence electrons. The van der Waals surface area contributed by atoms with Crippen LogP contribution in [0.15, 0.2) is 0 Å². The summed E-state index contributed by atoms with van der Waals surface area (Å²) in [5, 5.41) is 0. The van der Waals surface area contributed by atoms with Gasteiger partial charge in [-0.1, -0.05) is 27.2 Å². The Morgan fingerprint density at radius 2 is 2.11 bits per heavy atom. The summed E-state index contributed by atoms with van der Waals surface area (Å²) in [6, 6.07) is 0. The van der Waals surface area contributed by atoms with Gasteiger partial charge in [-0.15, -0.1) is 0 Å². The summed E-state index contributed by atoms with van der Waals surface area (Å²) in [6.07, 6.45) is 6.31. The molecule has 0 amide bonds. The van der Waals surface area contributed by atoms with Crippen molar-refractivity contribution in [2.24, 2.45) is 17.8 Å². The van der Waals surface area contributed by atoms with Gasteiger partial charge in [0.15, 0.2) is 6.79 Å². The van der Waals surface area contributed by atoms with E-state index in [1.165, 1.54) is 12.8 Å². The third kappa shape index (κ3) is 6.17. The van der Waals surface area contributed by atoms with Gasteiger partial charge in [0.25, 0.3) is 0 Å². The predicted octanol–water partition coefficient (Wildman–Crippen LogP) is 3.72. The lowest BCUT2D eigenvalue weighted by molar-refractivity contribution is -0.167. The summed E-state index contributed by atoms with van der Waals surface area (Å²) in [5.41, 5.74) is 0. The number of ether oxygens (including phenoxy) is 2. The van der Waals surface area contributed by atoms with Crippen molar-refractivity contribution in [1.82, 2.24) is 0 Å². The summed E-state index contributed by atoms with van der Waals surface area (Å²) >= 11 is 1.65. The predicted molar refractivity (Wildman–Crippen MR) is 80.2 cm³/mol. The van der Waals surface area contributed by atoms with E-state index in [2.05, 4.69) is 20.8 Å². The molecule has 0 radical (unpaired) electrons. The number of hydrogen-bond donors (Lipinski definition) is 0. The SMILES string of the molecule is CSCCC(=O)OCOC1CC(C)CCC1C(C)C. The highest BCUT2D eigenvalue weighted by molar-refractivity contribution is 7.98. The van der Waals surface area contributed by atoms with Crippen LogP contribution in [0.25, 0.3) is 0 Å². The number of carbonyl (C=O) groups excluding carboxylic acids is 1. The van der Waals surface area contributed by atoms with E-state index in [9.17, 15) is 4.79 Å². The Labute approximate surface area is 121 Å². The highest BCUT2D eigenvalue weighted by Crippen LogP contribution is 2.35. The van der Waals surface area contributed by atoms with E-state index in [1.807, 2.05) is 6.26 Å². The number of thioether (sulfide) groups is 1. The van der Waals surface area contributed by atoms with Crippen molar-refractivity contribution in [2.45, 2.75) is 52.6 Å². The van der Waals surface area contributed by atoms with Crippen LogP contribution in [0.5, 0.6) is 0 Å². The molecule has 1 aliphatic rings. The smallest absolute Gasteiger partial charge is 0.308 e. The van der Waals surface area contributed by atoms with Crippen LogP contribution >= 0.6 is 11.8 Å². The molecule has 0 aliphatic heterocycles. The molecule has 1 saturated carbocycles. The van der Waals surface area contributed by atoms with Crippen molar-refractivity contribution in [1.29, 1.82) is 0 Å². The molecule has 0 saturated heterocycles. The molecule has 0 aromatic heterocycles. The molecule has 3 nitrogen and oxygen atoms in total. The lowest BCUT2D eigenvalue weighted by Crippen LogP contribution is -2.35. The lowest BCUT2D eigenvalue weighted by Gasteiger charge is -2.36. The fourth-order valence-corrected chi connectivity index (χ4v) is 3.12. The highest BCUT2D eigenvalue weighted by atomic mass is 32.2. The van der Waals surface area contributed by atoms with Gasteiger partial charge in [0, 0.05) is 5.75 Å². The van der Waals surface area contributed by atoms with Gasteiger partial charge in [-0.2, -0.15) is 11.8 Å². The standard InChI is InChI=1S/C15H28O3S/c1-11(2)13-6-5-12(3)9-14(13)17-10-18-15(16)7-8-19-4/h11-14H,5-10H2,1-4H3. The number of hydrogen-bond acceptors (Lipinski definition) is 4. The van der Waals surface area contributed by atoms with Crippen LogP contribution in [0.3, 0.4) is 0 Å². The minimum absolute atomic E-state index is 0.119. The third-order valence-electron chi connectivity index (χ3n) is 3.97. The third-order valence-corrected chi connectivity index (χ3v) is 4.59.